The molecule has 0 saturated carbocycles. The molecule has 0 aliphatic heterocycles. The standard InChI is InChI=1S/C21H22N4O3.C18H16/c26-19(24-14-18(21(27)28)16-6-3-11-22-13-16)8-2-1-7-17-10-9-15-5-4-12-23-20(15)25-17;1-3-7-15-13(5-1)9-11-18-16-8-4-2-6-14(16)10-12-17(15)18/h3-6,9-13,18H,1-2,7-8,14H2,(H,24,26)(H,27,28);1,3-5,7-9,11H,2,6,10,12H2. The second-order valence-electron chi connectivity index (χ2n) is 11.8. The maximum Gasteiger partial charge on any atom is 0.312 e. The lowest BCUT2D eigenvalue weighted by atomic mass is 9.80. The number of aliphatic carboxylic acids is 1. The van der Waals surface area contributed by atoms with Gasteiger partial charge in [-0.2, -0.15) is 0 Å². The fourth-order valence-corrected chi connectivity index (χ4v) is 6.34. The third kappa shape index (κ3) is 7.37. The van der Waals surface area contributed by atoms with Crippen molar-refractivity contribution in [2.45, 2.75) is 57.3 Å². The quantitative estimate of drug-likeness (QED) is 0.167. The number of carboxylic acid groups (broad SMARTS) is 1. The van der Waals surface area contributed by atoms with Gasteiger partial charge in [-0.05, 0) is 108 Å². The molecule has 2 aromatic carbocycles. The zero-order valence-electron chi connectivity index (χ0n) is 25.9. The van der Waals surface area contributed by atoms with Crippen LogP contribution in [0.4, 0.5) is 0 Å². The van der Waals surface area contributed by atoms with E-state index in [1.807, 2.05) is 24.3 Å². The number of carbonyl (C=O) groups is 2. The minimum atomic E-state index is -0.982. The van der Waals surface area contributed by atoms with Gasteiger partial charge in [0.2, 0.25) is 5.91 Å². The number of carbonyl (C=O) groups excluding carboxylic acids is 1. The number of pyridine rings is 3. The minimum Gasteiger partial charge on any atom is -0.481 e. The smallest absolute Gasteiger partial charge is 0.312 e. The third-order valence-electron chi connectivity index (χ3n) is 8.78. The van der Waals surface area contributed by atoms with Gasteiger partial charge in [0.05, 0.1) is 0 Å². The Kier molecular flexibility index (Phi) is 9.88. The molecule has 46 heavy (non-hydrogen) atoms. The van der Waals surface area contributed by atoms with Gasteiger partial charge in [-0.25, -0.2) is 9.97 Å². The van der Waals surface area contributed by atoms with E-state index in [2.05, 4.69) is 68.8 Å². The molecule has 2 aliphatic rings. The van der Waals surface area contributed by atoms with E-state index in [9.17, 15) is 14.7 Å². The molecule has 0 fully saturated rings. The largest absolute Gasteiger partial charge is 0.481 e. The number of nitrogens with zero attached hydrogens (tertiary/aromatic N) is 3. The van der Waals surface area contributed by atoms with E-state index in [0.717, 1.165) is 29.6 Å². The van der Waals surface area contributed by atoms with Gasteiger partial charge in [0, 0.05) is 42.6 Å². The Morgan fingerprint density at radius 3 is 2.59 bits per heavy atom. The molecular formula is C39H38N4O3. The number of fused-ring (bicyclic) bond motifs is 5. The van der Waals surface area contributed by atoms with Gasteiger partial charge >= 0.3 is 5.97 Å². The zero-order valence-corrected chi connectivity index (χ0v) is 25.9. The van der Waals surface area contributed by atoms with Crippen molar-refractivity contribution in [1.29, 1.82) is 0 Å². The van der Waals surface area contributed by atoms with E-state index in [4.69, 9.17) is 0 Å². The van der Waals surface area contributed by atoms with Gasteiger partial charge < -0.3 is 10.4 Å². The first-order valence-electron chi connectivity index (χ1n) is 16.1. The number of aromatic nitrogens is 3. The maximum atomic E-state index is 12.0. The van der Waals surface area contributed by atoms with Crippen LogP contribution < -0.4 is 5.32 Å². The van der Waals surface area contributed by atoms with Crippen molar-refractivity contribution in [3.05, 3.63) is 131 Å². The van der Waals surface area contributed by atoms with Crippen LogP contribution in [0.15, 0.2) is 109 Å². The highest BCUT2D eigenvalue weighted by Gasteiger charge is 2.21. The molecular weight excluding hydrogens is 572 g/mol. The monoisotopic (exact) mass is 610 g/mol. The Hall–Kier alpha value is -5.17. The van der Waals surface area contributed by atoms with Gasteiger partial charge in [-0.3, -0.25) is 14.6 Å². The summed E-state index contributed by atoms with van der Waals surface area (Å²) in [5.41, 5.74) is 8.46. The first-order chi connectivity index (χ1) is 22.6. The molecule has 0 bridgehead atoms. The number of nitrogens with one attached hydrogen (secondary N) is 1. The minimum absolute atomic E-state index is 0.0533. The van der Waals surface area contributed by atoms with Crippen LogP contribution in [-0.2, 0) is 22.4 Å². The molecule has 1 atom stereocenters. The van der Waals surface area contributed by atoms with Gasteiger partial charge in [0.15, 0.2) is 5.65 Å². The van der Waals surface area contributed by atoms with Crippen molar-refractivity contribution in [2.75, 3.05) is 6.54 Å². The normalized spacial score (nSPS) is 14.2. The highest BCUT2D eigenvalue weighted by molar-refractivity contribution is 5.93. The van der Waals surface area contributed by atoms with E-state index >= 15 is 0 Å². The number of carboxylic acids is 1. The highest BCUT2D eigenvalue weighted by atomic mass is 16.4. The van der Waals surface area contributed by atoms with Crippen LogP contribution in [0.25, 0.3) is 27.4 Å². The molecule has 5 aromatic rings. The summed E-state index contributed by atoms with van der Waals surface area (Å²) in [7, 11) is 0. The molecule has 1 amide bonds. The fourth-order valence-electron chi connectivity index (χ4n) is 6.34. The van der Waals surface area contributed by atoms with Crippen LogP contribution in [0.3, 0.4) is 0 Å². The summed E-state index contributed by atoms with van der Waals surface area (Å²) in [5, 5.41) is 15.9. The molecule has 7 heteroatoms. The lowest BCUT2D eigenvalue weighted by molar-refractivity contribution is -0.138. The number of amides is 1. The van der Waals surface area contributed by atoms with E-state index in [1.165, 1.54) is 53.8 Å². The van der Waals surface area contributed by atoms with Crippen LogP contribution in [0, 0.1) is 0 Å². The van der Waals surface area contributed by atoms with Crippen LogP contribution in [-0.4, -0.2) is 38.5 Å². The number of rotatable bonds is 9. The molecule has 7 rings (SSSR count). The molecule has 1 unspecified atom stereocenters. The Balaban J connectivity index is 0.000000176. The summed E-state index contributed by atoms with van der Waals surface area (Å²) in [4.78, 5) is 36.2. The number of hydrogen-bond acceptors (Lipinski definition) is 5. The number of aryl methyl sites for hydroxylation is 2. The molecule has 0 spiro atoms. The van der Waals surface area contributed by atoms with E-state index < -0.39 is 11.9 Å². The van der Waals surface area contributed by atoms with E-state index in [-0.39, 0.29) is 12.5 Å². The maximum absolute atomic E-state index is 12.0. The molecule has 3 heterocycles. The first kappa shape index (κ1) is 30.8. The van der Waals surface area contributed by atoms with Crippen molar-refractivity contribution >= 4 is 39.3 Å². The Labute approximate surface area is 269 Å². The van der Waals surface area contributed by atoms with Crippen molar-refractivity contribution in [1.82, 2.24) is 20.3 Å². The Morgan fingerprint density at radius 2 is 1.72 bits per heavy atom. The molecule has 232 valence electrons. The predicted molar refractivity (Wildman–Crippen MR) is 182 cm³/mol. The topological polar surface area (TPSA) is 105 Å². The van der Waals surface area contributed by atoms with Crippen LogP contribution >= 0.6 is 0 Å². The fraction of sp³-hybridized carbons (Fsp3) is 0.256. The lowest BCUT2D eigenvalue weighted by Gasteiger charge is -2.25. The summed E-state index contributed by atoms with van der Waals surface area (Å²) in [6.45, 7) is 0.0533. The molecule has 0 radical (unpaired) electrons. The van der Waals surface area contributed by atoms with E-state index in [1.54, 1.807) is 35.7 Å². The number of hydrogen-bond donors (Lipinski definition) is 2. The second kappa shape index (κ2) is 14.7. The van der Waals surface area contributed by atoms with E-state index in [0.29, 0.717) is 18.4 Å². The molecule has 2 N–H and O–H groups in total. The summed E-state index contributed by atoms with van der Waals surface area (Å²) in [6.07, 6.45) is 17.1. The van der Waals surface area contributed by atoms with Crippen molar-refractivity contribution in [2.24, 2.45) is 0 Å². The average molecular weight is 611 g/mol. The van der Waals surface area contributed by atoms with Crippen LogP contribution in [0.2, 0.25) is 0 Å². The number of allylic oxidation sites excluding steroid dienone is 4. The molecule has 7 nitrogen and oxygen atoms in total. The number of benzene rings is 2. The first-order valence-corrected chi connectivity index (χ1v) is 16.1. The van der Waals surface area contributed by atoms with Crippen molar-refractivity contribution in [3.63, 3.8) is 0 Å². The molecule has 3 aromatic heterocycles. The van der Waals surface area contributed by atoms with Gasteiger partial charge in [0.1, 0.15) is 5.92 Å². The molecule has 2 aliphatic carbocycles. The van der Waals surface area contributed by atoms with Crippen molar-refractivity contribution in [3.8, 4) is 0 Å². The van der Waals surface area contributed by atoms with Crippen molar-refractivity contribution < 1.29 is 14.7 Å². The zero-order chi connectivity index (χ0) is 31.7. The Bertz CT molecular complexity index is 1920. The Morgan fingerprint density at radius 1 is 0.870 bits per heavy atom. The number of unbranched alkanes of at least 4 members (excludes halogenated alkanes) is 1. The van der Waals surface area contributed by atoms with Crippen LogP contribution in [0.5, 0.6) is 0 Å². The SMILES string of the molecule is C1=CC2=C(CC1)CCc1c2ccc2ccccc12.O=C(CCCCc1ccc2cccnc2n1)NCC(C(=O)O)c1cccnc1. The second-order valence-corrected chi connectivity index (χ2v) is 11.8. The van der Waals surface area contributed by atoms with Gasteiger partial charge in [-0.1, -0.05) is 60.2 Å². The third-order valence-corrected chi connectivity index (χ3v) is 8.78. The summed E-state index contributed by atoms with van der Waals surface area (Å²) in [6, 6.07) is 24.6. The summed E-state index contributed by atoms with van der Waals surface area (Å²) < 4.78 is 0. The van der Waals surface area contributed by atoms with Gasteiger partial charge in [-0.15, -0.1) is 0 Å². The van der Waals surface area contributed by atoms with Crippen LogP contribution in [0.1, 0.15) is 66.8 Å². The average Bonchev–Trinajstić information content (AvgIpc) is 3.10. The highest BCUT2D eigenvalue weighted by Crippen LogP contribution is 2.39. The summed E-state index contributed by atoms with van der Waals surface area (Å²) in [5.74, 6) is -1.93. The lowest BCUT2D eigenvalue weighted by Crippen LogP contribution is -2.31. The van der Waals surface area contributed by atoms with Gasteiger partial charge in [0.25, 0.3) is 0 Å². The predicted octanol–water partition coefficient (Wildman–Crippen LogP) is 7.61. The molecule has 0 saturated heterocycles. The summed E-state index contributed by atoms with van der Waals surface area (Å²) >= 11 is 0.